The molecule has 0 radical (unpaired) electrons. The standard InChI is InChI=1S/C27H35N3O5/c1-21-4-2-15-29(20-21)16-3-17-35-25-11-7-23(8-12-25)28-26(31)27(13-18-34-19-14-27)22-5-9-24(10-6-22)30(32)33/h5-12,21H,2-4,13-20H2,1H3,(H,28,31)/t21-/m1/s1. The quantitative estimate of drug-likeness (QED) is 0.315. The minimum Gasteiger partial charge on any atom is -0.494 e. The fraction of sp³-hybridized carbons (Fsp3) is 0.519. The number of nitro groups is 1. The number of carbonyl (C=O) groups excluding carboxylic acids is 1. The lowest BCUT2D eigenvalue weighted by Gasteiger charge is -2.36. The van der Waals surface area contributed by atoms with E-state index in [2.05, 4.69) is 17.1 Å². The number of nitrogens with one attached hydrogen (secondary N) is 1. The van der Waals surface area contributed by atoms with Gasteiger partial charge in [-0.25, -0.2) is 0 Å². The minimum absolute atomic E-state index is 0.0115. The molecule has 4 rings (SSSR count). The second-order valence-corrected chi connectivity index (χ2v) is 9.73. The van der Waals surface area contributed by atoms with Crippen LogP contribution in [0, 0.1) is 16.0 Å². The summed E-state index contributed by atoms with van der Waals surface area (Å²) in [6.07, 6.45) is 4.65. The Labute approximate surface area is 206 Å². The monoisotopic (exact) mass is 481 g/mol. The number of likely N-dealkylation sites (tertiary alicyclic amines) is 1. The lowest BCUT2D eigenvalue weighted by Crippen LogP contribution is -2.44. The van der Waals surface area contributed by atoms with Gasteiger partial charge in [0.2, 0.25) is 5.91 Å². The van der Waals surface area contributed by atoms with Crippen molar-refractivity contribution in [3.8, 4) is 5.75 Å². The van der Waals surface area contributed by atoms with E-state index in [0.717, 1.165) is 30.2 Å². The number of nitro benzene ring substituents is 1. The van der Waals surface area contributed by atoms with Gasteiger partial charge in [-0.2, -0.15) is 0 Å². The van der Waals surface area contributed by atoms with Crippen molar-refractivity contribution in [1.82, 2.24) is 4.90 Å². The third-order valence-electron chi connectivity index (χ3n) is 7.15. The van der Waals surface area contributed by atoms with Gasteiger partial charge in [-0.1, -0.05) is 19.1 Å². The van der Waals surface area contributed by atoms with Gasteiger partial charge in [0.1, 0.15) is 5.75 Å². The van der Waals surface area contributed by atoms with E-state index in [9.17, 15) is 14.9 Å². The van der Waals surface area contributed by atoms with Crippen LogP contribution in [0.3, 0.4) is 0 Å². The zero-order chi connectivity index (χ0) is 24.7. The number of rotatable bonds is 9. The van der Waals surface area contributed by atoms with Crippen LogP contribution in [0.15, 0.2) is 48.5 Å². The molecule has 1 amide bonds. The van der Waals surface area contributed by atoms with Gasteiger partial charge in [-0.3, -0.25) is 14.9 Å². The van der Waals surface area contributed by atoms with Crippen molar-refractivity contribution in [2.45, 2.75) is 44.4 Å². The van der Waals surface area contributed by atoms with E-state index in [1.807, 2.05) is 24.3 Å². The maximum atomic E-state index is 13.4. The summed E-state index contributed by atoms with van der Waals surface area (Å²) in [7, 11) is 0. The van der Waals surface area contributed by atoms with Gasteiger partial charge in [-0.05, 0) is 74.4 Å². The highest BCUT2D eigenvalue weighted by Crippen LogP contribution is 2.37. The molecule has 2 aliphatic rings. The highest BCUT2D eigenvalue weighted by atomic mass is 16.6. The van der Waals surface area contributed by atoms with Gasteiger partial charge in [-0.15, -0.1) is 0 Å². The second kappa shape index (κ2) is 11.6. The molecular formula is C27H35N3O5. The van der Waals surface area contributed by atoms with Crippen molar-refractivity contribution in [3.63, 3.8) is 0 Å². The van der Waals surface area contributed by atoms with Crippen molar-refractivity contribution < 1.29 is 19.2 Å². The average Bonchev–Trinajstić information content (AvgIpc) is 2.88. The van der Waals surface area contributed by atoms with Crippen molar-refractivity contribution in [2.75, 3.05) is 44.8 Å². The Balaban J connectivity index is 1.33. The van der Waals surface area contributed by atoms with Crippen LogP contribution in [-0.4, -0.2) is 55.2 Å². The van der Waals surface area contributed by atoms with Gasteiger partial charge < -0.3 is 19.7 Å². The minimum atomic E-state index is -0.783. The molecule has 2 aromatic rings. The van der Waals surface area contributed by atoms with Crippen molar-refractivity contribution >= 4 is 17.3 Å². The highest BCUT2D eigenvalue weighted by molar-refractivity contribution is 5.99. The van der Waals surface area contributed by atoms with Gasteiger partial charge in [0.15, 0.2) is 0 Å². The molecule has 8 heteroatoms. The fourth-order valence-corrected chi connectivity index (χ4v) is 5.12. The van der Waals surface area contributed by atoms with E-state index in [-0.39, 0.29) is 11.6 Å². The molecule has 2 heterocycles. The van der Waals surface area contributed by atoms with E-state index in [1.165, 1.54) is 38.1 Å². The van der Waals surface area contributed by atoms with E-state index in [1.54, 1.807) is 12.1 Å². The van der Waals surface area contributed by atoms with Crippen LogP contribution in [0.1, 0.15) is 44.6 Å². The molecule has 2 aliphatic heterocycles. The Hall–Kier alpha value is -2.97. The maximum absolute atomic E-state index is 13.4. The maximum Gasteiger partial charge on any atom is 0.269 e. The summed E-state index contributed by atoms with van der Waals surface area (Å²) in [6.45, 7) is 7.35. The van der Waals surface area contributed by atoms with E-state index in [4.69, 9.17) is 9.47 Å². The SMILES string of the molecule is C[C@@H]1CCCN(CCCOc2ccc(NC(=O)C3(c4ccc([N+](=O)[O-])cc4)CCOCC3)cc2)C1. The van der Waals surface area contributed by atoms with Crippen molar-refractivity contribution in [2.24, 2.45) is 5.92 Å². The zero-order valence-corrected chi connectivity index (χ0v) is 20.4. The van der Waals surface area contributed by atoms with Crippen LogP contribution >= 0.6 is 0 Å². The summed E-state index contributed by atoms with van der Waals surface area (Å²) in [6, 6.07) is 13.7. The summed E-state index contributed by atoms with van der Waals surface area (Å²) in [5.74, 6) is 1.44. The van der Waals surface area contributed by atoms with Crippen molar-refractivity contribution in [3.05, 3.63) is 64.2 Å². The molecule has 0 spiro atoms. The van der Waals surface area contributed by atoms with E-state index < -0.39 is 10.3 Å². The molecule has 188 valence electrons. The molecule has 1 atom stereocenters. The van der Waals surface area contributed by atoms with Crippen LogP contribution in [0.5, 0.6) is 5.75 Å². The number of hydrogen-bond acceptors (Lipinski definition) is 6. The molecule has 0 bridgehead atoms. The van der Waals surface area contributed by atoms with Crippen LogP contribution < -0.4 is 10.1 Å². The molecule has 2 aromatic carbocycles. The number of carbonyl (C=O) groups is 1. The average molecular weight is 482 g/mol. The lowest BCUT2D eigenvalue weighted by molar-refractivity contribution is -0.384. The van der Waals surface area contributed by atoms with E-state index >= 15 is 0 Å². The summed E-state index contributed by atoms with van der Waals surface area (Å²) < 4.78 is 11.4. The molecule has 2 fully saturated rings. The first-order chi connectivity index (χ1) is 17.0. The van der Waals surface area contributed by atoms with E-state index in [0.29, 0.717) is 38.3 Å². The number of piperidine rings is 1. The molecular weight excluding hydrogens is 446 g/mol. The Morgan fingerprint density at radius 3 is 2.54 bits per heavy atom. The molecule has 35 heavy (non-hydrogen) atoms. The summed E-state index contributed by atoms with van der Waals surface area (Å²) in [5.41, 5.74) is 0.691. The van der Waals surface area contributed by atoms with Gasteiger partial charge >= 0.3 is 0 Å². The third-order valence-corrected chi connectivity index (χ3v) is 7.15. The Kier molecular flexibility index (Phi) is 8.36. The Morgan fingerprint density at radius 2 is 1.89 bits per heavy atom. The number of ether oxygens (including phenoxy) is 2. The van der Waals surface area contributed by atoms with Crippen LogP contribution in [0.25, 0.3) is 0 Å². The van der Waals surface area contributed by atoms with Gasteiger partial charge in [0, 0.05) is 44.1 Å². The summed E-state index contributed by atoms with van der Waals surface area (Å²) in [5, 5.41) is 14.1. The molecule has 8 nitrogen and oxygen atoms in total. The van der Waals surface area contributed by atoms with Gasteiger partial charge in [0.05, 0.1) is 16.9 Å². The number of anilines is 1. The first-order valence-electron chi connectivity index (χ1n) is 12.6. The molecule has 1 N–H and O–H groups in total. The molecule has 0 aliphatic carbocycles. The topological polar surface area (TPSA) is 93.9 Å². The number of benzene rings is 2. The molecule has 2 saturated heterocycles. The normalized spacial score (nSPS) is 20.2. The summed E-state index contributed by atoms with van der Waals surface area (Å²) >= 11 is 0. The van der Waals surface area contributed by atoms with Crippen LogP contribution in [0.2, 0.25) is 0 Å². The predicted molar refractivity (Wildman–Crippen MR) is 135 cm³/mol. The second-order valence-electron chi connectivity index (χ2n) is 9.73. The van der Waals surface area contributed by atoms with Crippen LogP contribution in [-0.2, 0) is 14.9 Å². The Morgan fingerprint density at radius 1 is 1.17 bits per heavy atom. The largest absolute Gasteiger partial charge is 0.494 e. The number of nitrogens with zero attached hydrogens (tertiary/aromatic N) is 2. The Bertz CT molecular complexity index is 987. The molecule has 0 aromatic heterocycles. The third kappa shape index (κ3) is 6.38. The highest BCUT2D eigenvalue weighted by Gasteiger charge is 2.42. The first kappa shape index (κ1) is 25.1. The van der Waals surface area contributed by atoms with Crippen LogP contribution in [0.4, 0.5) is 11.4 Å². The molecule has 0 saturated carbocycles. The fourth-order valence-electron chi connectivity index (χ4n) is 5.12. The number of non-ortho nitro benzene ring substituents is 1. The molecule has 0 unspecified atom stereocenters. The smallest absolute Gasteiger partial charge is 0.269 e. The predicted octanol–water partition coefficient (Wildman–Crippen LogP) is 4.78. The van der Waals surface area contributed by atoms with Gasteiger partial charge in [0.25, 0.3) is 5.69 Å². The lowest BCUT2D eigenvalue weighted by atomic mass is 9.73. The summed E-state index contributed by atoms with van der Waals surface area (Å²) in [4.78, 5) is 26.6. The van der Waals surface area contributed by atoms with Crippen molar-refractivity contribution in [1.29, 1.82) is 0 Å². The first-order valence-corrected chi connectivity index (χ1v) is 12.6. The zero-order valence-electron chi connectivity index (χ0n) is 20.4. The number of hydrogen-bond donors (Lipinski definition) is 1. The number of amides is 1.